The van der Waals surface area contributed by atoms with E-state index in [1.54, 1.807) is 12.1 Å². The van der Waals surface area contributed by atoms with Crippen LogP contribution in [0, 0.1) is 0 Å². The molecule has 22 heavy (non-hydrogen) atoms. The van der Waals surface area contributed by atoms with E-state index in [1.165, 1.54) is 36.6 Å². The standard InChI is InChI=1S/C14H14ClNO4S2/c1-3-10-5-7-13(21-10)22(18,19)16-12-8-9(14(17)20-2)4-6-11(12)15/h4-8,16H,3H2,1-2H3. The Hall–Kier alpha value is -1.57. The summed E-state index contributed by atoms with van der Waals surface area (Å²) in [5, 5.41) is 0.198. The molecule has 1 aromatic heterocycles. The molecule has 0 aliphatic rings. The molecule has 5 nitrogen and oxygen atoms in total. The van der Waals surface area contributed by atoms with Gasteiger partial charge in [-0.1, -0.05) is 18.5 Å². The van der Waals surface area contributed by atoms with Crippen LogP contribution in [0.15, 0.2) is 34.5 Å². The van der Waals surface area contributed by atoms with Crippen molar-refractivity contribution in [3.8, 4) is 0 Å². The minimum atomic E-state index is -3.74. The van der Waals surface area contributed by atoms with Crippen LogP contribution < -0.4 is 4.72 Å². The van der Waals surface area contributed by atoms with Crippen molar-refractivity contribution in [2.24, 2.45) is 0 Å². The minimum absolute atomic E-state index is 0.135. The van der Waals surface area contributed by atoms with Gasteiger partial charge in [0.25, 0.3) is 10.0 Å². The highest BCUT2D eigenvalue weighted by Crippen LogP contribution is 2.28. The number of benzene rings is 1. The molecule has 2 rings (SSSR count). The summed E-state index contributed by atoms with van der Waals surface area (Å²) in [5.74, 6) is -0.568. The van der Waals surface area contributed by atoms with Crippen LogP contribution in [0.4, 0.5) is 5.69 Å². The van der Waals surface area contributed by atoms with Crippen LogP contribution in [-0.2, 0) is 21.2 Å². The maximum Gasteiger partial charge on any atom is 0.337 e. The van der Waals surface area contributed by atoms with Gasteiger partial charge in [-0.05, 0) is 36.8 Å². The molecule has 0 spiro atoms. The monoisotopic (exact) mass is 359 g/mol. The fraction of sp³-hybridized carbons (Fsp3) is 0.214. The normalized spacial score (nSPS) is 11.2. The van der Waals surface area contributed by atoms with Gasteiger partial charge in [-0.2, -0.15) is 0 Å². The van der Waals surface area contributed by atoms with Gasteiger partial charge >= 0.3 is 5.97 Å². The summed E-state index contributed by atoms with van der Waals surface area (Å²) in [6.07, 6.45) is 0.763. The van der Waals surface area contributed by atoms with Gasteiger partial charge in [0.1, 0.15) is 4.21 Å². The lowest BCUT2D eigenvalue weighted by Gasteiger charge is -2.09. The van der Waals surface area contributed by atoms with Crippen LogP contribution in [0.1, 0.15) is 22.2 Å². The molecule has 118 valence electrons. The van der Waals surface area contributed by atoms with Gasteiger partial charge in [0.05, 0.1) is 23.4 Å². The quantitative estimate of drug-likeness (QED) is 0.828. The number of esters is 1. The number of nitrogens with one attached hydrogen (secondary N) is 1. The van der Waals surface area contributed by atoms with Gasteiger partial charge < -0.3 is 4.74 Å². The van der Waals surface area contributed by atoms with Crippen LogP contribution in [0.25, 0.3) is 0 Å². The molecule has 0 fully saturated rings. The number of hydrogen-bond donors (Lipinski definition) is 1. The molecule has 0 saturated heterocycles. The van der Waals surface area contributed by atoms with Gasteiger partial charge in [-0.25, -0.2) is 13.2 Å². The Bertz CT molecular complexity index is 799. The number of sulfonamides is 1. The zero-order valence-corrected chi connectivity index (χ0v) is 14.3. The fourth-order valence-corrected chi connectivity index (χ4v) is 4.32. The first-order valence-electron chi connectivity index (χ1n) is 6.36. The van der Waals surface area contributed by atoms with E-state index in [-0.39, 0.29) is 20.5 Å². The number of anilines is 1. The highest BCUT2D eigenvalue weighted by atomic mass is 35.5. The molecular formula is C14H14ClNO4S2. The Morgan fingerprint density at radius 1 is 1.32 bits per heavy atom. The largest absolute Gasteiger partial charge is 0.465 e. The lowest BCUT2D eigenvalue weighted by atomic mass is 10.2. The third-order valence-corrected chi connectivity index (χ3v) is 6.30. The van der Waals surface area contributed by atoms with Crippen molar-refractivity contribution in [2.75, 3.05) is 11.8 Å². The van der Waals surface area contributed by atoms with Crippen LogP contribution in [-0.4, -0.2) is 21.5 Å². The number of methoxy groups -OCH3 is 1. The third kappa shape index (κ3) is 3.60. The van der Waals surface area contributed by atoms with E-state index in [4.69, 9.17) is 11.6 Å². The van der Waals surface area contributed by atoms with Gasteiger partial charge in [-0.15, -0.1) is 11.3 Å². The second kappa shape index (κ2) is 6.68. The maximum absolute atomic E-state index is 12.4. The first kappa shape index (κ1) is 16.8. The second-order valence-electron chi connectivity index (χ2n) is 4.37. The van der Waals surface area contributed by atoms with E-state index in [2.05, 4.69) is 9.46 Å². The molecule has 1 N–H and O–H groups in total. The summed E-state index contributed by atoms with van der Waals surface area (Å²) in [7, 11) is -2.49. The van der Waals surface area contributed by atoms with Crippen molar-refractivity contribution in [1.29, 1.82) is 0 Å². The average Bonchev–Trinajstić information content (AvgIpc) is 2.98. The number of carbonyl (C=O) groups is 1. The third-order valence-electron chi connectivity index (χ3n) is 2.88. The molecule has 0 radical (unpaired) electrons. The zero-order valence-electron chi connectivity index (χ0n) is 11.9. The maximum atomic E-state index is 12.4. The van der Waals surface area contributed by atoms with Crippen molar-refractivity contribution < 1.29 is 17.9 Å². The zero-order chi connectivity index (χ0) is 16.3. The number of hydrogen-bond acceptors (Lipinski definition) is 5. The van der Waals surface area contributed by atoms with E-state index in [1.807, 2.05) is 6.92 Å². The molecule has 0 aliphatic heterocycles. The summed E-state index contributed by atoms with van der Waals surface area (Å²) in [6, 6.07) is 7.57. The van der Waals surface area contributed by atoms with E-state index in [9.17, 15) is 13.2 Å². The van der Waals surface area contributed by atoms with Crippen LogP contribution in [0.5, 0.6) is 0 Å². The van der Waals surface area contributed by atoms with E-state index >= 15 is 0 Å². The Morgan fingerprint density at radius 3 is 2.64 bits per heavy atom. The van der Waals surface area contributed by atoms with Gasteiger partial charge in [0, 0.05) is 4.88 Å². The highest BCUT2D eigenvalue weighted by Gasteiger charge is 2.19. The average molecular weight is 360 g/mol. The van der Waals surface area contributed by atoms with E-state index in [0.29, 0.717) is 0 Å². The summed E-state index contributed by atoms with van der Waals surface area (Å²) >= 11 is 7.19. The van der Waals surface area contributed by atoms with E-state index in [0.717, 1.165) is 11.3 Å². The minimum Gasteiger partial charge on any atom is -0.465 e. The van der Waals surface area contributed by atoms with Crippen molar-refractivity contribution in [3.63, 3.8) is 0 Å². The second-order valence-corrected chi connectivity index (χ2v) is 7.85. The molecule has 0 atom stereocenters. The number of thiophene rings is 1. The van der Waals surface area contributed by atoms with Gasteiger partial charge in [0.2, 0.25) is 0 Å². The summed E-state index contributed by atoms with van der Waals surface area (Å²) in [5.41, 5.74) is 0.348. The molecule has 0 bridgehead atoms. The Kier molecular flexibility index (Phi) is 5.10. The predicted octanol–water partition coefficient (Wildman–Crippen LogP) is 3.55. The molecule has 1 aromatic carbocycles. The molecule has 0 amide bonds. The first-order valence-corrected chi connectivity index (χ1v) is 9.04. The number of ether oxygens (including phenoxy) is 1. The van der Waals surface area contributed by atoms with Crippen LogP contribution in [0.2, 0.25) is 5.02 Å². The molecular weight excluding hydrogens is 346 g/mol. The van der Waals surface area contributed by atoms with E-state index < -0.39 is 16.0 Å². The van der Waals surface area contributed by atoms with Crippen molar-refractivity contribution in [3.05, 3.63) is 45.8 Å². The predicted molar refractivity (Wildman–Crippen MR) is 87.3 cm³/mol. The molecule has 2 aromatic rings. The Balaban J connectivity index is 2.34. The molecule has 8 heteroatoms. The van der Waals surface area contributed by atoms with Gasteiger partial charge in [-0.3, -0.25) is 4.72 Å². The smallest absolute Gasteiger partial charge is 0.337 e. The number of aryl methyl sites for hydroxylation is 1. The number of halogens is 1. The molecule has 1 heterocycles. The Labute approximate surface area is 137 Å². The lowest BCUT2D eigenvalue weighted by molar-refractivity contribution is 0.0601. The highest BCUT2D eigenvalue weighted by molar-refractivity contribution is 7.94. The van der Waals surface area contributed by atoms with Crippen LogP contribution in [0.3, 0.4) is 0 Å². The van der Waals surface area contributed by atoms with Gasteiger partial charge in [0.15, 0.2) is 0 Å². The fourth-order valence-electron chi connectivity index (χ4n) is 1.74. The molecule has 0 saturated carbocycles. The Morgan fingerprint density at radius 2 is 2.05 bits per heavy atom. The molecule has 0 unspecified atom stereocenters. The molecule has 0 aliphatic carbocycles. The summed E-state index contributed by atoms with van der Waals surface area (Å²) in [6.45, 7) is 1.95. The number of carbonyl (C=O) groups excluding carboxylic acids is 1. The lowest BCUT2D eigenvalue weighted by Crippen LogP contribution is -2.12. The summed E-state index contributed by atoms with van der Waals surface area (Å²) in [4.78, 5) is 12.5. The van der Waals surface area contributed by atoms with Crippen LogP contribution >= 0.6 is 22.9 Å². The number of rotatable bonds is 5. The topological polar surface area (TPSA) is 72.5 Å². The SMILES string of the molecule is CCc1ccc(S(=O)(=O)Nc2cc(C(=O)OC)ccc2Cl)s1. The first-order chi connectivity index (χ1) is 10.4. The van der Waals surface area contributed by atoms with Crippen molar-refractivity contribution in [2.45, 2.75) is 17.6 Å². The van der Waals surface area contributed by atoms with Crippen molar-refractivity contribution in [1.82, 2.24) is 0 Å². The van der Waals surface area contributed by atoms with Crippen molar-refractivity contribution >= 4 is 44.6 Å². The summed E-state index contributed by atoms with van der Waals surface area (Å²) < 4.78 is 31.9.